The Morgan fingerprint density at radius 1 is 1.11 bits per heavy atom. The van der Waals surface area contributed by atoms with Gasteiger partial charge in [0.05, 0.1) is 13.7 Å². The monoisotopic (exact) mass is 506 g/mol. The number of nitrogens with zero attached hydrogens (tertiary/aromatic N) is 2. The molecule has 0 heterocycles. The second-order valence-corrected chi connectivity index (χ2v) is 7.05. The molecule has 0 radical (unpaired) electrons. The Morgan fingerprint density at radius 3 is 2.32 bits per heavy atom. The Kier molecular flexibility index (Phi) is 14.1. The van der Waals surface area contributed by atoms with E-state index in [-0.39, 0.29) is 24.0 Å². The van der Waals surface area contributed by atoms with E-state index in [2.05, 4.69) is 48.2 Å². The van der Waals surface area contributed by atoms with Crippen LogP contribution in [0.1, 0.15) is 46.6 Å². The standard InChI is InChI=1S/C21H38N4O2.HI/c1-8-27-20-14-18(10-11-19(20)26-7)15-24-21(22-6)23-12-9-13-25(16(2)3)17(4)5;/h10-11,14,16-17H,8-9,12-13,15H2,1-7H3,(H2,22,23,24);1H. The molecule has 7 heteroatoms. The van der Waals surface area contributed by atoms with Crippen LogP contribution in [0.15, 0.2) is 23.2 Å². The van der Waals surface area contributed by atoms with Gasteiger partial charge in [0.25, 0.3) is 0 Å². The lowest BCUT2D eigenvalue weighted by Crippen LogP contribution is -2.41. The van der Waals surface area contributed by atoms with Crippen molar-refractivity contribution in [3.63, 3.8) is 0 Å². The van der Waals surface area contributed by atoms with Gasteiger partial charge in [-0.15, -0.1) is 24.0 Å². The quantitative estimate of drug-likeness (QED) is 0.207. The normalized spacial score (nSPS) is 11.6. The van der Waals surface area contributed by atoms with Crippen molar-refractivity contribution in [1.29, 1.82) is 0 Å². The molecule has 1 rings (SSSR count). The summed E-state index contributed by atoms with van der Waals surface area (Å²) in [5, 5.41) is 6.75. The number of hydrogen-bond donors (Lipinski definition) is 2. The third kappa shape index (κ3) is 9.32. The van der Waals surface area contributed by atoms with Crippen LogP contribution in [0.3, 0.4) is 0 Å². The molecule has 28 heavy (non-hydrogen) atoms. The van der Waals surface area contributed by atoms with E-state index in [1.165, 1.54) is 0 Å². The van der Waals surface area contributed by atoms with E-state index in [9.17, 15) is 0 Å². The van der Waals surface area contributed by atoms with Crippen LogP contribution in [-0.2, 0) is 6.54 Å². The smallest absolute Gasteiger partial charge is 0.191 e. The first kappa shape index (κ1) is 26.8. The molecule has 0 aliphatic heterocycles. The maximum atomic E-state index is 5.64. The van der Waals surface area contributed by atoms with Gasteiger partial charge in [0.15, 0.2) is 17.5 Å². The van der Waals surface area contributed by atoms with E-state index in [1.54, 1.807) is 14.2 Å². The molecule has 2 N–H and O–H groups in total. The summed E-state index contributed by atoms with van der Waals surface area (Å²) in [5.74, 6) is 2.33. The van der Waals surface area contributed by atoms with E-state index < -0.39 is 0 Å². The first-order valence-corrected chi connectivity index (χ1v) is 9.92. The van der Waals surface area contributed by atoms with Crippen molar-refractivity contribution >= 4 is 29.9 Å². The van der Waals surface area contributed by atoms with Crippen LogP contribution in [0.4, 0.5) is 0 Å². The average Bonchev–Trinajstić information content (AvgIpc) is 2.63. The maximum Gasteiger partial charge on any atom is 0.191 e. The van der Waals surface area contributed by atoms with Crippen LogP contribution < -0.4 is 20.1 Å². The lowest BCUT2D eigenvalue weighted by atomic mass is 10.2. The molecule has 0 spiro atoms. The van der Waals surface area contributed by atoms with Crippen LogP contribution in [0.5, 0.6) is 11.5 Å². The zero-order valence-electron chi connectivity index (χ0n) is 18.5. The molecule has 162 valence electrons. The van der Waals surface area contributed by atoms with E-state index in [0.29, 0.717) is 25.2 Å². The molecule has 0 amide bonds. The maximum absolute atomic E-state index is 5.64. The second-order valence-electron chi connectivity index (χ2n) is 7.05. The zero-order valence-corrected chi connectivity index (χ0v) is 20.9. The fourth-order valence-corrected chi connectivity index (χ4v) is 3.09. The lowest BCUT2D eigenvalue weighted by molar-refractivity contribution is 0.173. The summed E-state index contributed by atoms with van der Waals surface area (Å²) in [4.78, 5) is 6.81. The van der Waals surface area contributed by atoms with Gasteiger partial charge in [-0.3, -0.25) is 9.89 Å². The third-order valence-corrected chi connectivity index (χ3v) is 4.42. The molecule has 1 aromatic rings. The van der Waals surface area contributed by atoms with Crippen molar-refractivity contribution in [3.05, 3.63) is 23.8 Å². The molecule has 0 fully saturated rings. The fourth-order valence-electron chi connectivity index (χ4n) is 3.09. The van der Waals surface area contributed by atoms with Crippen molar-refractivity contribution in [3.8, 4) is 11.5 Å². The molecular formula is C21H39IN4O2. The number of ether oxygens (including phenoxy) is 2. The minimum Gasteiger partial charge on any atom is -0.493 e. The molecule has 0 saturated heterocycles. The molecule has 0 bridgehead atoms. The molecular weight excluding hydrogens is 467 g/mol. The summed E-state index contributed by atoms with van der Waals surface area (Å²) in [6, 6.07) is 7.11. The van der Waals surface area contributed by atoms with Crippen molar-refractivity contribution in [1.82, 2.24) is 15.5 Å². The molecule has 0 unspecified atom stereocenters. The number of nitrogens with one attached hydrogen (secondary N) is 2. The summed E-state index contributed by atoms with van der Waals surface area (Å²) in [7, 11) is 3.45. The highest BCUT2D eigenvalue weighted by molar-refractivity contribution is 14.0. The highest BCUT2D eigenvalue weighted by Crippen LogP contribution is 2.27. The van der Waals surface area contributed by atoms with Crippen LogP contribution in [0.2, 0.25) is 0 Å². The Morgan fingerprint density at radius 2 is 1.79 bits per heavy atom. The SMILES string of the molecule is CCOc1cc(CNC(=NC)NCCCN(C(C)C)C(C)C)ccc1OC.I. The van der Waals surface area contributed by atoms with Crippen LogP contribution >= 0.6 is 24.0 Å². The van der Waals surface area contributed by atoms with Gasteiger partial charge in [-0.1, -0.05) is 6.07 Å². The molecule has 1 aromatic carbocycles. The van der Waals surface area contributed by atoms with Crippen LogP contribution in [-0.4, -0.2) is 56.8 Å². The minimum absolute atomic E-state index is 0. The minimum atomic E-state index is 0. The highest BCUT2D eigenvalue weighted by Gasteiger charge is 2.12. The van der Waals surface area contributed by atoms with Crippen molar-refractivity contribution < 1.29 is 9.47 Å². The first-order valence-electron chi connectivity index (χ1n) is 9.92. The van der Waals surface area contributed by atoms with Gasteiger partial charge < -0.3 is 20.1 Å². The Balaban J connectivity index is 0.00000729. The zero-order chi connectivity index (χ0) is 20.2. The number of rotatable bonds is 11. The molecule has 0 atom stereocenters. The van der Waals surface area contributed by atoms with Gasteiger partial charge >= 0.3 is 0 Å². The highest BCUT2D eigenvalue weighted by atomic mass is 127. The average molecular weight is 506 g/mol. The Bertz CT molecular complexity index is 572. The van der Waals surface area contributed by atoms with E-state index in [0.717, 1.165) is 42.5 Å². The summed E-state index contributed by atoms with van der Waals surface area (Å²) in [6.07, 6.45) is 1.08. The number of guanidine groups is 1. The summed E-state index contributed by atoms with van der Waals surface area (Å²) >= 11 is 0. The van der Waals surface area contributed by atoms with E-state index in [1.807, 2.05) is 25.1 Å². The number of halogens is 1. The lowest BCUT2D eigenvalue weighted by Gasteiger charge is -2.30. The van der Waals surface area contributed by atoms with Gasteiger partial charge in [-0.05, 0) is 58.7 Å². The third-order valence-electron chi connectivity index (χ3n) is 4.42. The number of methoxy groups -OCH3 is 1. The number of aliphatic imine (C=N–C) groups is 1. The molecule has 0 saturated carbocycles. The van der Waals surface area contributed by atoms with Crippen molar-refractivity contribution in [2.75, 3.05) is 33.9 Å². The first-order chi connectivity index (χ1) is 12.9. The summed E-state index contributed by atoms with van der Waals surface area (Å²) < 4.78 is 11.0. The van der Waals surface area contributed by atoms with Gasteiger partial charge in [0.1, 0.15) is 0 Å². The molecule has 0 aliphatic rings. The van der Waals surface area contributed by atoms with Crippen molar-refractivity contribution in [2.24, 2.45) is 4.99 Å². The number of hydrogen-bond acceptors (Lipinski definition) is 4. The van der Waals surface area contributed by atoms with Crippen LogP contribution in [0, 0.1) is 0 Å². The predicted octanol–water partition coefficient (Wildman–Crippen LogP) is 3.89. The van der Waals surface area contributed by atoms with Gasteiger partial charge in [-0.25, -0.2) is 0 Å². The fraction of sp³-hybridized carbons (Fsp3) is 0.667. The van der Waals surface area contributed by atoms with Gasteiger partial charge in [-0.2, -0.15) is 0 Å². The summed E-state index contributed by atoms with van der Waals surface area (Å²) in [5.41, 5.74) is 1.12. The topological polar surface area (TPSA) is 58.1 Å². The molecule has 0 aromatic heterocycles. The van der Waals surface area contributed by atoms with Gasteiger partial charge in [0.2, 0.25) is 0 Å². The van der Waals surface area contributed by atoms with Crippen LogP contribution in [0.25, 0.3) is 0 Å². The Labute approximate surface area is 188 Å². The van der Waals surface area contributed by atoms with Crippen molar-refractivity contribution in [2.45, 2.75) is 59.7 Å². The molecule has 6 nitrogen and oxygen atoms in total. The second kappa shape index (κ2) is 14.7. The van der Waals surface area contributed by atoms with E-state index in [4.69, 9.17) is 9.47 Å². The van der Waals surface area contributed by atoms with E-state index >= 15 is 0 Å². The predicted molar refractivity (Wildman–Crippen MR) is 129 cm³/mol. The Hall–Kier alpha value is -1.22. The number of benzene rings is 1. The van der Waals surface area contributed by atoms with Gasteiger partial charge in [0, 0.05) is 38.8 Å². The summed E-state index contributed by atoms with van der Waals surface area (Å²) in [6.45, 7) is 14.2. The molecule has 0 aliphatic carbocycles. The largest absolute Gasteiger partial charge is 0.493 e.